The number of benzene rings is 1. The maximum absolute atomic E-state index is 9.00. The zero-order chi connectivity index (χ0) is 15.2. The summed E-state index contributed by atoms with van der Waals surface area (Å²) in [4.78, 5) is 0. The molecule has 1 N–H and O–H groups in total. The first-order valence-electron chi connectivity index (χ1n) is 7.10. The van der Waals surface area contributed by atoms with Crippen molar-refractivity contribution in [1.29, 1.82) is 5.26 Å². The molecule has 0 aliphatic carbocycles. The summed E-state index contributed by atoms with van der Waals surface area (Å²) in [6.45, 7) is 11.6. The Kier molecular flexibility index (Phi) is 5.59. The first kappa shape index (κ1) is 16.5. The molecule has 0 aliphatic rings. The van der Waals surface area contributed by atoms with Gasteiger partial charge in [-0.05, 0) is 47.1 Å². The maximum Gasteiger partial charge on any atom is 0.123 e. The van der Waals surface area contributed by atoms with Crippen molar-refractivity contribution >= 4 is 0 Å². The molecule has 1 aromatic rings. The van der Waals surface area contributed by atoms with Gasteiger partial charge in [-0.2, -0.15) is 5.26 Å². The van der Waals surface area contributed by atoms with Crippen LogP contribution in [0, 0.1) is 16.7 Å². The molecule has 0 unspecified atom stereocenters. The summed E-state index contributed by atoms with van der Waals surface area (Å²) in [6, 6.07) is 10.4. The SMILES string of the molecule is CC(C)(C#N)CCOc1ccccc1CNC(C)(C)C. The molecule has 0 heterocycles. The van der Waals surface area contributed by atoms with Crippen molar-refractivity contribution < 1.29 is 4.74 Å². The Morgan fingerprint density at radius 2 is 1.80 bits per heavy atom. The van der Waals surface area contributed by atoms with E-state index >= 15 is 0 Å². The molecule has 0 fully saturated rings. The van der Waals surface area contributed by atoms with Gasteiger partial charge < -0.3 is 10.1 Å². The van der Waals surface area contributed by atoms with Crippen LogP contribution in [0.25, 0.3) is 0 Å². The molecule has 3 nitrogen and oxygen atoms in total. The highest BCUT2D eigenvalue weighted by Crippen LogP contribution is 2.22. The zero-order valence-electron chi connectivity index (χ0n) is 13.3. The van der Waals surface area contributed by atoms with E-state index in [0.29, 0.717) is 6.61 Å². The molecule has 0 amide bonds. The Bertz CT molecular complexity index is 467. The van der Waals surface area contributed by atoms with Gasteiger partial charge in [0.05, 0.1) is 18.1 Å². The fourth-order valence-corrected chi connectivity index (χ4v) is 1.62. The van der Waals surface area contributed by atoms with Crippen molar-refractivity contribution in [2.24, 2.45) is 5.41 Å². The van der Waals surface area contributed by atoms with Crippen LogP contribution in [0.15, 0.2) is 24.3 Å². The lowest BCUT2D eigenvalue weighted by Gasteiger charge is -2.22. The number of para-hydroxylation sites is 1. The van der Waals surface area contributed by atoms with Crippen molar-refractivity contribution in [2.45, 2.75) is 53.1 Å². The Morgan fingerprint density at radius 3 is 2.40 bits per heavy atom. The van der Waals surface area contributed by atoms with Gasteiger partial charge in [0.15, 0.2) is 0 Å². The van der Waals surface area contributed by atoms with Gasteiger partial charge in [-0.3, -0.25) is 0 Å². The van der Waals surface area contributed by atoms with Crippen LogP contribution in [0.4, 0.5) is 0 Å². The van der Waals surface area contributed by atoms with Crippen LogP contribution in [0.1, 0.15) is 46.6 Å². The highest BCUT2D eigenvalue weighted by molar-refractivity contribution is 5.33. The van der Waals surface area contributed by atoms with Gasteiger partial charge in [-0.15, -0.1) is 0 Å². The fraction of sp³-hybridized carbons (Fsp3) is 0.588. The molecular formula is C17H26N2O. The van der Waals surface area contributed by atoms with E-state index in [4.69, 9.17) is 10.00 Å². The largest absolute Gasteiger partial charge is 0.493 e. The van der Waals surface area contributed by atoms with Crippen molar-refractivity contribution in [1.82, 2.24) is 5.32 Å². The van der Waals surface area contributed by atoms with Gasteiger partial charge in [0, 0.05) is 17.6 Å². The molecule has 0 atom stereocenters. The predicted octanol–water partition coefficient (Wildman–Crippen LogP) is 3.89. The molecule has 1 aromatic carbocycles. The minimum absolute atomic E-state index is 0.0793. The molecule has 0 radical (unpaired) electrons. The summed E-state index contributed by atoms with van der Waals surface area (Å²) < 4.78 is 5.85. The average molecular weight is 274 g/mol. The summed E-state index contributed by atoms with van der Waals surface area (Å²) in [5, 5.41) is 12.5. The number of rotatable bonds is 6. The molecular weight excluding hydrogens is 248 g/mol. The third-order valence-corrected chi connectivity index (χ3v) is 3.07. The Hall–Kier alpha value is -1.53. The minimum atomic E-state index is -0.335. The molecule has 0 spiro atoms. The van der Waals surface area contributed by atoms with E-state index in [9.17, 15) is 0 Å². The van der Waals surface area contributed by atoms with Gasteiger partial charge in [0.2, 0.25) is 0 Å². The zero-order valence-corrected chi connectivity index (χ0v) is 13.3. The Balaban J connectivity index is 2.60. The van der Waals surface area contributed by atoms with Crippen molar-refractivity contribution in [3.63, 3.8) is 0 Å². The monoisotopic (exact) mass is 274 g/mol. The topological polar surface area (TPSA) is 45.0 Å². The van der Waals surface area contributed by atoms with E-state index in [1.54, 1.807) is 0 Å². The Labute approximate surface area is 123 Å². The first-order chi connectivity index (χ1) is 9.23. The lowest BCUT2D eigenvalue weighted by atomic mass is 9.92. The average Bonchev–Trinajstić information content (AvgIpc) is 2.36. The second kappa shape index (κ2) is 6.76. The lowest BCUT2D eigenvalue weighted by Crippen LogP contribution is -2.35. The smallest absolute Gasteiger partial charge is 0.123 e. The molecule has 0 saturated heterocycles. The van der Waals surface area contributed by atoms with E-state index in [1.807, 2.05) is 32.0 Å². The molecule has 0 aliphatic heterocycles. The highest BCUT2D eigenvalue weighted by Gasteiger charge is 2.17. The minimum Gasteiger partial charge on any atom is -0.493 e. The number of hydrogen-bond acceptors (Lipinski definition) is 3. The van der Waals surface area contributed by atoms with Crippen LogP contribution in [0.5, 0.6) is 5.75 Å². The quantitative estimate of drug-likeness (QED) is 0.856. The standard InChI is InChI=1S/C17H26N2O/c1-16(2,3)19-12-14-8-6-7-9-15(14)20-11-10-17(4,5)13-18/h6-9,19H,10-12H2,1-5H3. The van der Waals surface area contributed by atoms with Crippen LogP contribution < -0.4 is 10.1 Å². The molecule has 0 saturated carbocycles. The molecule has 20 heavy (non-hydrogen) atoms. The Morgan fingerprint density at radius 1 is 1.15 bits per heavy atom. The number of nitrogens with zero attached hydrogens (tertiary/aromatic N) is 1. The second-order valence-corrected chi connectivity index (χ2v) is 6.81. The van der Waals surface area contributed by atoms with Gasteiger partial charge in [-0.1, -0.05) is 18.2 Å². The molecule has 1 rings (SSSR count). The van der Waals surface area contributed by atoms with Crippen LogP contribution >= 0.6 is 0 Å². The normalized spacial score (nSPS) is 12.0. The number of hydrogen-bond donors (Lipinski definition) is 1. The summed E-state index contributed by atoms with van der Waals surface area (Å²) in [6.07, 6.45) is 0.727. The van der Waals surface area contributed by atoms with Gasteiger partial charge >= 0.3 is 0 Å². The lowest BCUT2D eigenvalue weighted by molar-refractivity contribution is 0.261. The van der Waals surface area contributed by atoms with Crippen LogP contribution in [-0.2, 0) is 6.54 Å². The van der Waals surface area contributed by atoms with E-state index in [-0.39, 0.29) is 11.0 Å². The van der Waals surface area contributed by atoms with E-state index in [2.05, 4.69) is 38.2 Å². The number of nitrogens with one attached hydrogen (secondary N) is 1. The van der Waals surface area contributed by atoms with Gasteiger partial charge in [0.25, 0.3) is 0 Å². The number of nitriles is 1. The maximum atomic E-state index is 9.00. The van der Waals surface area contributed by atoms with E-state index in [0.717, 1.165) is 24.3 Å². The summed E-state index contributed by atoms with van der Waals surface area (Å²) in [5.41, 5.74) is 0.895. The molecule has 0 bridgehead atoms. The number of ether oxygens (including phenoxy) is 1. The van der Waals surface area contributed by atoms with Gasteiger partial charge in [0.1, 0.15) is 5.75 Å². The van der Waals surface area contributed by atoms with E-state index in [1.165, 1.54) is 0 Å². The predicted molar refractivity (Wildman–Crippen MR) is 82.5 cm³/mol. The summed E-state index contributed by atoms with van der Waals surface area (Å²) >= 11 is 0. The van der Waals surface area contributed by atoms with E-state index < -0.39 is 0 Å². The second-order valence-electron chi connectivity index (χ2n) is 6.81. The van der Waals surface area contributed by atoms with Crippen molar-refractivity contribution in [3.8, 4) is 11.8 Å². The first-order valence-corrected chi connectivity index (χ1v) is 7.10. The van der Waals surface area contributed by atoms with Crippen molar-refractivity contribution in [2.75, 3.05) is 6.61 Å². The van der Waals surface area contributed by atoms with Crippen LogP contribution in [0.3, 0.4) is 0 Å². The van der Waals surface area contributed by atoms with Crippen LogP contribution in [-0.4, -0.2) is 12.1 Å². The summed E-state index contributed by atoms with van der Waals surface area (Å²) in [7, 11) is 0. The van der Waals surface area contributed by atoms with Gasteiger partial charge in [-0.25, -0.2) is 0 Å². The third kappa shape index (κ3) is 6.08. The fourth-order valence-electron chi connectivity index (χ4n) is 1.62. The highest BCUT2D eigenvalue weighted by atomic mass is 16.5. The molecule has 110 valence electrons. The molecule has 0 aromatic heterocycles. The van der Waals surface area contributed by atoms with Crippen LogP contribution in [0.2, 0.25) is 0 Å². The molecule has 3 heteroatoms. The van der Waals surface area contributed by atoms with Crippen molar-refractivity contribution in [3.05, 3.63) is 29.8 Å². The summed E-state index contributed by atoms with van der Waals surface area (Å²) in [5.74, 6) is 0.901. The third-order valence-electron chi connectivity index (χ3n) is 3.07.